The van der Waals surface area contributed by atoms with Gasteiger partial charge in [0.1, 0.15) is 0 Å². The van der Waals surface area contributed by atoms with Gasteiger partial charge in [0.05, 0.1) is 6.04 Å². The summed E-state index contributed by atoms with van der Waals surface area (Å²) >= 11 is 0. The summed E-state index contributed by atoms with van der Waals surface area (Å²) in [5.41, 5.74) is 2.42. The first-order valence-electron chi connectivity index (χ1n) is 6.97. The average molecular weight is 262 g/mol. The predicted octanol–water partition coefficient (Wildman–Crippen LogP) is 2.90. The van der Waals surface area contributed by atoms with Crippen molar-refractivity contribution in [2.75, 3.05) is 13.6 Å². The van der Waals surface area contributed by atoms with Crippen LogP contribution in [0.25, 0.3) is 0 Å². The van der Waals surface area contributed by atoms with E-state index in [2.05, 4.69) is 57.3 Å². The molecule has 1 atom stereocenters. The number of amides is 1. The lowest BCUT2D eigenvalue weighted by Crippen LogP contribution is -2.33. The maximum absolute atomic E-state index is 12.1. The van der Waals surface area contributed by atoms with Crippen molar-refractivity contribution < 1.29 is 4.79 Å². The molecule has 1 amide bonds. The van der Waals surface area contributed by atoms with Crippen LogP contribution in [0.1, 0.15) is 44.4 Å². The first kappa shape index (κ1) is 15.7. The van der Waals surface area contributed by atoms with E-state index in [4.69, 9.17) is 0 Å². The summed E-state index contributed by atoms with van der Waals surface area (Å²) in [5, 5.41) is 3.27. The van der Waals surface area contributed by atoms with E-state index < -0.39 is 0 Å². The fraction of sp³-hybridized carbons (Fsp3) is 0.562. The van der Waals surface area contributed by atoms with Crippen LogP contribution in [0.15, 0.2) is 24.3 Å². The zero-order valence-electron chi connectivity index (χ0n) is 12.7. The topological polar surface area (TPSA) is 32.3 Å². The van der Waals surface area contributed by atoms with Crippen LogP contribution in [0.4, 0.5) is 0 Å². The zero-order chi connectivity index (χ0) is 14.4. The van der Waals surface area contributed by atoms with E-state index in [1.54, 1.807) is 0 Å². The second-order valence-corrected chi connectivity index (χ2v) is 5.45. The fourth-order valence-corrected chi connectivity index (χ4v) is 1.93. The van der Waals surface area contributed by atoms with Crippen molar-refractivity contribution in [3.8, 4) is 0 Å². The Morgan fingerprint density at radius 2 is 1.79 bits per heavy atom. The predicted molar refractivity (Wildman–Crippen MR) is 80.1 cm³/mol. The minimum Gasteiger partial charge on any atom is -0.339 e. The van der Waals surface area contributed by atoms with Gasteiger partial charge in [-0.25, -0.2) is 0 Å². The van der Waals surface area contributed by atoms with Crippen LogP contribution >= 0.6 is 0 Å². The molecule has 0 fully saturated rings. The van der Waals surface area contributed by atoms with Crippen LogP contribution < -0.4 is 5.32 Å². The molecule has 0 bridgehead atoms. The zero-order valence-corrected chi connectivity index (χ0v) is 12.7. The van der Waals surface area contributed by atoms with E-state index in [0.717, 1.165) is 6.54 Å². The number of carbonyl (C=O) groups is 1. The number of aryl methyl sites for hydroxylation is 1. The highest BCUT2D eigenvalue weighted by Gasteiger charge is 2.16. The van der Waals surface area contributed by atoms with Crippen molar-refractivity contribution >= 4 is 5.91 Å². The molecule has 0 radical (unpaired) electrons. The van der Waals surface area contributed by atoms with Gasteiger partial charge in [-0.1, -0.05) is 43.7 Å². The Labute approximate surface area is 117 Å². The third-order valence-corrected chi connectivity index (χ3v) is 3.43. The van der Waals surface area contributed by atoms with Gasteiger partial charge in [0, 0.05) is 26.1 Å². The normalized spacial score (nSPS) is 12.5. The van der Waals surface area contributed by atoms with Crippen molar-refractivity contribution in [1.82, 2.24) is 10.2 Å². The molecule has 1 rings (SSSR count). The van der Waals surface area contributed by atoms with Crippen LogP contribution in [0.3, 0.4) is 0 Å². The van der Waals surface area contributed by atoms with Gasteiger partial charge in [0.15, 0.2) is 0 Å². The molecule has 3 heteroatoms. The summed E-state index contributed by atoms with van der Waals surface area (Å²) in [5.74, 6) is 0.182. The van der Waals surface area contributed by atoms with Gasteiger partial charge in [-0.3, -0.25) is 4.79 Å². The average Bonchev–Trinajstić information content (AvgIpc) is 2.37. The van der Waals surface area contributed by atoms with Crippen molar-refractivity contribution in [3.63, 3.8) is 0 Å². The first-order valence-corrected chi connectivity index (χ1v) is 6.97. The van der Waals surface area contributed by atoms with Gasteiger partial charge >= 0.3 is 0 Å². The third kappa shape index (κ3) is 5.03. The molecule has 0 aliphatic rings. The highest BCUT2D eigenvalue weighted by Crippen LogP contribution is 2.19. The van der Waals surface area contributed by atoms with Gasteiger partial charge in [0.25, 0.3) is 0 Å². The molecule has 0 aliphatic carbocycles. The Balaban J connectivity index is 2.53. The Bertz CT molecular complexity index is 398. The molecule has 19 heavy (non-hydrogen) atoms. The number of hydrogen-bond donors (Lipinski definition) is 1. The lowest BCUT2D eigenvalue weighted by atomic mass is 10.1. The van der Waals surface area contributed by atoms with Gasteiger partial charge in [0.2, 0.25) is 5.91 Å². The molecule has 1 aromatic rings. The van der Waals surface area contributed by atoms with Gasteiger partial charge in [-0.2, -0.15) is 0 Å². The number of benzene rings is 1. The number of carbonyl (C=O) groups excluding carboxylic acids is 1. The lowest BCUT2D eigenvalue weighted by molar-refractivity contribution is -0.131. The largest absolute Gasteiger partial charge is 0.339 e. The quantitative estimate of drug-likeness (QED) is 0.855. The lowest BCUT2D eigenvalue weighted by Gasteiger charge is -2.25. The van der Waals surface area contributed by atoms with Crippen molar-refractivity contribution in [2.24, 2.45) is 0 Å². The Morgan fingerprint density at radius 1 is 1.21 bits per heavy atom. The second kappa shape index (κ2) is 7.29. The summed E-state index contributed by atoms with van der Waals surface area (Å²) in [4.78, 5) is 13.9. The molecule has 0 heterocycles. The summed E-state index contributed by atoms with van der Waals surface area (Å²) in [6.07, 6.45) is 0.547. The summed E-state index contributed by atoms with van der Waals surface area (Å²) in [6.45, 7) is 9.05. The van der Waals surface area contributed by atoms with Crippen LogP contribution in [0, 0.1) is 6.92 Å². The molecule has 1 N–H and O–H groups in total. The van der Waals surface area contributed by atoms with E-state index in [9.17, 15) is 4.79 Å². The Morgan fingerprint density at radius 3 is 2.32 bits per heavy atom. The number of hydrogen-bond acceptors (Lipinski definition) is 2. The Kier molecular flexibility index (Phi) is 6.03. The van der Waals surface area contributed by atoms with E-state index in [-0.39, 0.29) is 11.9 Å². The highest BCUT2D eigenvalue weighted by atomic mass is 16.2. The Hall–Kier alpha value is -1.35. The summed E-state index contributed by atoms with van der Waals surface area (Å²) < 4.78 is 0. The van der Waals surface area contributed by atoms with Crippen LogP contribution in [-0.2, 0) is 4.79 Å². The summed E-state index contributed by atoms with van der Waals surface area (Å²) in [6, 6.07) is 8.90. The van der Waals surface area contributed by atoms with Crippen molar-refractivity contribution in [1.29, 1.82) is 0 Å². The van der Waals surface area contributed by atoms with Crippen LogP contribution in [-0.4, -0.2) is 30.4 Å². The molecule has 0 aromatic heterocycles. The smallest absolute Gasteiger partial charge is 0.224 e. The second-order valence-electron chi connectivity index (χ2n) is 5.45. The van der Waals surface area contributed by atoms with E-state index in [1.807, 2.05) is 11.9 Å². The summed E-state index contributed by atoms with van der Waals surface area (Å²) in [7, 11) is 1.88. The number of rotatable bonds is 6. The molecule has 0 spiro atoms. The minimum atomic E-state index is 0.118. The van der Waals surface area contributed by atoms with Gasteiger partial charge < -0.3 is 10.2 Å². The number of nitrogens with one attached hydrogen (secondary N) is 1. The fourth-order valence-electron chi connectivity index (χ4n) is 1.93. The number of nitrogens with zero attached hydrogens (tertiary/aromatic N) is 1. The van der Waals surface area contributed by atoms with Gasteiger partial charge in [-0.05, 0) is 19.4 Å². The third-order valence-electron chi connectivity index (χ3n) is 3.43. The minimum absolute atomic E-state index is 0.118. The highest BCUT2D eigenvalue weighted by molar-refractivity contribution is 5.76. The maximum Gasteiger partial charge on any atom is 0.224 e. The monoisotopic (exact) mass is 262 g/mol. The SMILES string of the molecule is Cc1ccc(C(C)N(C)C(=O)CCNC(C)C)cc1. The molecule has 0 saturated carbocycles. The molecule has 106 valence electrons. The van der Waals surface area contributed by atoms with Crippen LogP contribution in [0.5, 0.6) is 0 Å². The molecule has 3 nitrogen and oxygen atoms in total. The molecular formula is C16H26N2O. The van der Waals surface area contributed by atoms with E-state index in [0.29, 0.717) is 12.5 Å². The maximum atomic E-state index is 12.1. The molecule has 0 saturated heterocycles. The van der Waals surface area contributed by atoms with E-state index in [1.165, 1.54) is 11.1 Å². The molecule has 0 aliphatic heterocycles. The van der Waals surface area contributed by atoms with E-state index >= 15 is 0 Å². The standard InChI is InChI=1S/C16H26N2O/c1-12(2)17-11-10-16(19)18(5)14(4)15-8-6-13(3)7-9-15/h6-9,12,14,17H,10-11H2,1-5H3. The molecule has 1 unspecified atom stereocenters. The van der Waals surface area contributed by atoms with Crippen LogP contribution in [0.2, 0.25) is 0 Å². The molecular weight excluding hydrogens is 236 g/mol. The molecule has 1 aromatic carbocycles. The van der Waals surface area contributed by atoms with Crippen molar-refractivity contribution in [2.45, 2.75) is 46.2 Å². The first-order chi connectivity index (χ1) is 8.91. The van der Waals surface area contributed by atoms with Gasteiger partial charge in [-0.15, -0.1) is 0 Å². The van der Waals surface area contributed by atoms with Crippen molar-refractivity contribution in [3.05, 3.63) is 35.4 Å².